The third-order valence-electron chi connectivity index (χ3n) is 4.14. The number of fused-ring (bicyclic) bond motifs is 1. The predicted octanol–water partition coefficient (Wildman–Crippen LogP) is 4.44. The van der Waals surface area contributed by atoms with Gasteiger partial charge in [0.1, 0.15) is 11.5 Å². The fraction of sp³-hybridized carbons (Fsp3) is 0.0476. The molecule has 0 fully saturated rings. The Morgan fingerprint density at radius 3 is 2.52 bits per heavy atom. The first kappa shape index (κ1) is 16.7. The number of para-hydroxylation sites is 1. The van der Waals surface area contributed by atoms with Crippen molar-refractivity contribution in [1.29, 1.82) is 0 Å². The molecule has 27 heavy (non-hydrogen) atoms. The van der Waals surface area contributed by atoms with Crippen molar-refractivity contribution >= 4 is 17.2 Å². The van der Waals surface area contributed by atoms with E-state index in [1.165, 1.54) is 6.20 Å². The van der Waals surface area contributed by atoms with Gasteiger partial charge >= 0.3 is 5.97 Å². The normalized spacial score (nSPS) is 10.7. The minimum atomic E-state index is -0.972. The minimum absolute atomic E-state index is 0.208. The highest BCUT2D eigenvalue weighted by Gasteiger charge is 2.10. The quantitative estimate of drug-likeness (QED) is 0.532. The number of benzene rings is 2. The van der Waals surface area contributed by atoms with Crippen molar-refractivity contribution < 1.29 is 14.6 Å². The van der Waals surface area contributed by atoms with Crippen molar-refractivity contribution in [2.24, 2.45) is 0 Å². The number of anilines is 1. The maximum atomic E-state index is 11.2. The fourth-order valence-electron chi connectivity index (χ4n) is 2.78. The van der Waals surface area contributed by atoms with Crippen LogP contribution in [0.5, 0.6) is 11.5 Å². The Balaban J connectivity index is 1.46. The van der Waals surface area contributed by atoms with Gasteiger partial charge in [-0.2, -0.15) is 5.10 Å². The molecule has 0 aliphatic rings. The number of carbonyl (C=O) groups is 1. The lowest BCUT2D eigenvalue weighted by Gasteiger charge is -2.09. The number of ether oxygens (including phenoxy) is 1. The van der Waals surface area contributed by atoms with E-state index in [-0.39, 0.29) is 5.56 Å². The molecule has 0 bridgehead atoms. The Hall–Kier alpha value is -3.80. The lowest BCUT2D eigenvalue weighted by atomic mass is 10.2. The van der Waals surface area contributed by atoms with E-state index in [0.717, 1.165) is 28.3 Å². The summed E-state index contributed by atoms with van der Waals surface area (Å²) in [6, 6.07) is 20.9. The molecule has 0 saturated heterocycles. The van der Waals surface area contributed by atoms with Gasteiger partial charge in [0, 0.05) is 18.9 Å². The van der Waals surface area contributed by atoms with Gasteiger partial charge in [-0.05, 0) is 42.0 Å². The molecule has 6 heteroatoms. The van der Waals surface area contributed by atoms with Crippen molar-refractivity contribution in [3.05, 3.63) is 90.3 Å². The molecule has 0 spiro atoms. The van der Waals surface area contributed by atoms with Crippen LogP contribution in [0.25, 0.3) is 5.52 Å². The summed E-state index contributed by atoms with van der Waals surface area (Å²) in [5.41, 5.74) is 2.83. The molecule has 6 nitrogen and oxygen atoms in total. The first-order valence-electron chi connectivity index (χ1n) is 8.45. The topological polar surface area (TPSA) is 75.9 Å². The molecule has 4 aromatic rings. The highest BCUT2D eigenvalue weighted by molar-refractivity contribution is 5.91. The van der Waals surface area contributed by atoms with Gasteiger partial charge in [0.15, 0.2) is 0 Å². The van der Waals surface area contributed by atoms with E-state index in [1.807, 2.05) is 60.7 Å². The Morgan fingerprint density at radius 1 is 1.04 bits per heavy atom. The van der Waals surface area contributed by atoms with Gasteiger partial charge in [-0.1, -0.05) is 30.3 Å². The first-order valence-corrected chi connectivity index (χ1v) is 8.45. The van der Waals surface area contributed by atoms with Crippen molar-refractivity contribution in [1.82, 2.24) is 9.61 Å². The number of nitrogens with one attached hydrogen (secondary N) is 1. The molecule has 2 aromatic carbocycles. The zero-order chi connectivity index (χ0) is 18.6. The smallest absolute Gasteiger partial charge is 0.337 e. The molecular formula is C21H17N3O3. The zero-order valence-electron chi connectivity index (χ0n) is 14.4. The third kappa shape index (κ3) is 3.74. The highest BCUT2D eigenvalue weighted by atomic mass is 16.5. The van der Waals surface area contributed by atoms with E-state index in [4.69, 9.17) is 9.84 Å². The highest BCUT2D eigenvalue weighted by Crippen LogP contribution is 2.23. The molecule has 134 valence electrons. The number of aromatic carboxylic acids is 1. The summed E-state index contributed by atoms with van der Waals surface area (Å²) in [4.78, 5) is 11.2. The second-order valence-electron chi connectivity index (χ2n) is 6.02. The van der Waals surface area contributed by atoms with Gasteiger partial charge in [0.05, 0.1) is 16.8 Å². The van der Waals surface area contributed by atoms with Crippen molar-refractivity contribution in [2.45, 2.75) is 6.54 Å². The van der Waals surface area contributed by atoms with E-state index in [9.17, 15) is 4.79 Å². The van der Waals surface area contributed by atoms with E-state index in [0.29, 0.717) is 6.54 Å². The summed E-state index contributed by atoms with van der Waals surface area (Å²) in [6.45, 7) is 0.596. The second-order valence-corrected chi connectivity index (χ2v) is 6.02. The molecule has 0 amide bonds. The molecule has 0 unspecified atom stereocenters. The average Bonchev–Trinajstić information content (AvgIpc) is 3.14. The molecule has 0 atom stereocenters. The van der Waals surface area contributed by atoms with Crippen LogP contribution in [-0.2, 0) is 6.54 Å². The summed E-state index contributed by atoms with van der Waals surface area (Å²) < 4.78 is 7.35. The SMILES string of the molecule is O=C(O)c1cc2c(NCc3ccc(Oc4ccccc4)cc3)ccnn2c1. The van der Waals surface area contributed by atoms with Crippen molar-refractivity contribution in [3.63, 3.8) is 0 Å². The molecule has 0 radical (unpaired) electrons. The van der Waals surface area contributed by atoms with Crippen LogP contribution in [0.4, 0.5) is 5.69 Å². The molecule has 0 saturated carbocycles. The van der Waals surface area contributed by atoms with Crippen molar-refractivity contribution in [2.75, 3.05) is 5.32 Å². The summed E-state index contributed by atoms with van der Waals surface area (Å²) >= 11 is 0. The third-order valence-corrected chi connectivity index (χ3v) is 4.14. The maximum absolute atomic E-state index is 11.2. The number of rotatable bonds is 6. The number of nitrogens with zero attached hydrogens (tertiary/aromatic N) is 2. The van der Waals surface area contributed by atoms with E-state index in [1.54, 1.807) is 16.8 Å². The molecule has 0 aliphatic carbocycles. The lowest BCUT2D eigenvalue weighted by molar-refractivity contribution is 0.0697. The Bertz CT molecular complexity index is 1070. The van der Waals surface area contributed by atoms with Crippen LogP contribution in [0.15, 0.2) is 79.1 Å². The van der Waals surface area contributed by atoms with Gasteiger partial charge in [-0.25, -0.2) is 9.31 Å². The van der Waals surface area contributed by atoms with E-state index >= 15 is 0 Å². The fourth-order valence-corrected chi connectivity index (χ4v) is 2.78. The van der Waals surface area contributed by atoms with E-state index < -0.39 is 5.97 Å². The number of carboxylic acid groups (broad SMARTS) is 1. The van der Waals surface area contributed by atoms with Crippen LogP contribution < -0.4 is 10.1 Å². The molecule has 0 aliphatic heterocycles. The Kier molecular flexibility index (Phi) is 4.45. The van der Waals surface area contributed by atoms with Gasteiger partial charge < -0.3 is 15.2 Å². The summed E-state index contributed by atoms with van der Waals surface area (Å²) in [6.07, 6.45) is 3.14. The molecule has 4 rings (SSSR count). The Morgan fingerprint density at radius 2 is 1.78 bits per heavy atom. The van der Waals surface area contributed by atoms with Crippen LogP contribution >= 0.6 is 0 Å². The number of aromatic nitrogens is 2. The minimum Gasteiger partial charge on any atom is -0.478 e. The largest absolute Gasteiger partial charge is 0.478 e. The number of hydrogen-bond donors (Lipinski definition) is 2. The predicted molar refractivity (Wildman–Crippen MR) is 102 cm³/mol. The van der Waals surface area contributed by atoms with Crippen molar-refractivity contribution in [3.8, 4) is 11.5 Å². The summed E-state index contributed by atoms with van der Waals surface area (Å²) in [7, 11) is 0. The zero-order valence-corrected chi connectivity index (χ0v) is 14.4. The second kappa shape index (κ2) is 7.21. The molecular weight excluding hydrogens is 342 g/mol. The summed E-state index contributed by atoms with van der Waals surface area (Å²) in [5, 5.41) is 16.6. The molecule has 2 heterocycles. The monoisotopic (exact) mass is 359 g/mol. The Labute approximate surface area is 155 Å². The standard InChI is InChI=1S/C21H17N3O3/c25-21(26)16-12-20-19(10-11-23-24(20)14-16)22-13-15-6-8-18(9-7-15)27-17-4-2-1-3-5-17/h1-12,14,22H,13H2,(H,25,26). The van der Waals surface area contributed by atoms with Gasteiger partial charge in [-0.3, -0.25) is 0 Å². The van der Waals surface area contributed by atoms with E-state index in [2.05, 4.69) is 10.4 Å². The van der Waals surface area contributed by atoms with Gasteiger partial charge in [0.2, 0.25) is 0 Å². The summed E-state index contributed by atoms with van der Waals surface area (Å²) in [5.74, 6) is 0.597. The average molecular weight is 359 g/mol. The van der Waals surface area contributed by atoms with Crippen LogP contribution in [0.3, 0.4) is 0 Å². The van der Waals surface area contributed by atoms with Crippen LogP contribution in [-0.4, -0.2) is 20.7 Å². The number of carboxylic acids is 1. The van der Waals surface area contributed by atoms with Crippen LogP contribution in [0.2, 0.25) is 0 Å². The van der Waals surface area contributed by atoms with Gasteiger partial charge in [0.25, 0.3) is 0 Å². The van der Waals surface area contributed by atoms with Crippen LogP contribution in [0, 0.1) is 0 Å². The lowest BCUT2D eigenvalue weighted by Crippen LogP contribution is -2.01. The first-order chi connectivity index (χ1) is 13.2. The maximum Gasteiger partial charge on any atom is 0.337 e. The molecule has 2 N–H and O–H groups in total. The van der Waals surface area contributed by atoms with Gasteiger partial charge in [-0.15, -0.1) is 0 Å². The number of hydrogen-bond acceptors (Lipinski definition) is 4. The van der Waals surface area contributed by atoms with Crippen LogP contribution in [0.1, 0.15) is 15.9 Å². The molecule has 2 aromatic heterocycles.